The third-order valence-electron chi connectivity index (χ3n) is 2.59. The lowest BCUT2D eigenvalue weighted by atomic mass is 9.99. The van der Waals surface area contributed by atoms with Gasteiger partial charge in [-0.05, 0) is 43.0 Å². The molecule has 0 fully saturated rings. The molecule has 3 nitrogen and oxygen atoms in total. The van der Waals surface area contributed by atoms with Crippen LogP contribution in [0.5, 0.6) is 11.5 Å². The zero-order valence-corrected chi connectivity index (χ0v) is 9.12. The van der Waals surface area contributed by atoms with E-state index in [4.69, 9.17) is 9.47 Å². The van der Waals surface area contributed by atoms with E-state index in [1.165, 1.54) is 5.56 Å². The van der Waals surface area contributed by atoms with Crippen LogP contribution in [0.1, 0.15) is 25.0 Å². The van der Waals surface area contributed by atoms with Crippen LogP contribution in [0.15, 0.2) is 12.1 Å². The molecular weight excluding hydrogens is 192 g/mol. The molecule has 1 unspecified atom stereocenters. The van der Waals surface area contributed by atoms with Gasteiger partial charge in [0.05, 0.1) is 6.10 Å². The molecule has 0 bridgehead atoms. The van der Waals surface area contributed by atoms with Gasteiger partial charge in [-0.3, -0.25) is 0 Å². The van der Waals surface area contributed by atoms with Crippen LogP contribution in [0, 0.1) is 0 Å². The van der Waals surface area contributed by atoms with Crippen molar-refractivity contribution < 1.29 is 14.6 Å². The molecule has 0 aromatic heterocycles. The maximum absolute atomic E-state index is 9.40. The van der Waals surface area contributed by atoms with E-state index in [-0.39, 0.29) is 6.10 Å². The molecule has 1 N–H and O–H groups in total. The standard InChI is InChI=1S/C12H16O3/c1-3-9-5-11-12(15-7-14-11)6-10(9)4-8(2)13/h5-6,8,13H,3-4,7H2,1-2H3. The van der Waals surface area contributed by atoms with Crippen molar-refractivity contribution in [2.45, 2.75) is 32.8 Å². The Morgan fingerprint density at radius 1 is 1.27 bits per heavy atom. The highest BCUT2D eigenvalue weighted by Gasteiger charge is 2.17. The van der Waals surface area contributed by atoms with Crippen LogP contribution in [0.4, 0.5) is 0 Å². The van der Waals surface area contributed by atoms with Crippen LogP contribution in [-0.4, -0.2) is 18.0 Å². The average molecular weight is 208 g/mol. The van der Waals surface area contributed by atoms with Crippen LogP contribution in [-0.2, 0) is 12.8 Å². The molecule has 1 aliphatic rings. The minimum atomic E-state index is -0.323. The average Bonchev–Trinajstić information content (AvgIpc) is 2.62. The number of rotatable bonds is 3. The second-order valence-electron chi connectivity index (χ2n) is 3.88. The smallest absolute Gasteiger partial charge is 0.231 e. The molecule has 0 saturated heterocycles. The summed E-state index contributed by atoms with van der Waals surface area (Å²) in [6.45, 7) is 4.20. The lowest BCUT2D eigenvalue weighted by Crippen LogP contribution is -2.06. The van der Waals surface area contributed by atoms with Gasteiger partial charge in [0, 0.05) is 0 Å². The van der Waals surface area contributed by atoms with Crippen molar-refractivity contribution >= 4 is 0 Å². The molecule has 0 radical (unpaired) electrons. The quantitative estimate of drug-likeness (QED) is 0.824. The fraction of sp³-hybridized carbons (Fsp3) is 0.500. The second-order valence-corrected chi connectivity index (χ2v) is 3.88. The SMILES string of the molecule is CCc1cc2c(cc1CC(C)O)OCO2. The Hall–Kier alpha value is -1.22. The summed E-state index contributed by atoms with van der Waals surface area (Å²) in [6, 6.07) is 3.99. The second kappa shape index (κ2) is 4.11. The fourth-order valence-corrected chi connectivity index (χ4v) is 1.86. The van der Waals surface area contributed by atoms with Crippen molar-refractivity contribution in [2.24, 2.45) is 0 Å². The summed E-state index contributed by atoms with van der Waals surface area (Å²) in [4.78, 5) is 0. The molecule has 15 heavy (non-hydrogen) atoms. The predicted molar refractivity (Wildman–Crippen MR) is 57.3 cm³/mol. The maximum atomic E-state index is 9.40. The van der Waals surface area contributed by atoms with Crippen LogP contribution < -0.4 is 9.47 Å². The van der Waals surface area contributed by atoms with Gasteiger partial charge in [0.25, 0.3) is 0 Å². The van der Waals surface area contributed by atoms with E-state index in [1.54, 1.807) is 6.92 Å². The monoisotopic (exact) mass is 208 g/mol. The Balaban J connectivity index is 2.35. The third-order valence-corrected chi connectivity index (χ3v) is 2.59. The van der Waals surface area contributed by atoms with Crippen LogP contribution in [0.2, 0.25) is 0 Å². The van der Waals surface area contributed by atoms with Gasteiger partial charge in [-0.25, -0.2) is 0 Å². The van der Waals surface area contributed by atoms with Crippen molar-refractivity contribution in [3.05, 3.63) is 23.3 Å². The molecule has 0 amide bonds. The first-order valence-electron chi connectivity index (χ1n) is 5.30. The predicted octanol–water partition coefficient (Wildman–Crippen LogP) is 1.90. The number of aryl methyl sites for hydroxylation is 1. The van der Waals surface area contributed by atoms with E-state index >= 15 is 0 Å². The first-order valence-corrected chi connectivity index (χ1v) is 5.30. The summed E-state index contributed by atoms with van der Waals surface area (Å²) in [5.41, 5.74) is 2.37. The summed E-state index contributed by atoms with van der Waals surface area (Å²) in [5, 5.41) is 9.40. The summed E-state index contributed by atoms with van der Waals surface area (Å²) in [6.07, 6.45) is 1.29. The van der Waals surface area contributed by atoms with Gasteiger partial charge < -0.3 is 14.6 Å². The van der Waals surface area contributed by atoms with Crippen molar-refractivity contribution in [2.75, 3.05) is 6.79 Å². The first-order chi connectivity index (χ1) is 7.20. The van der Waals surface area contributed by atoms with Crippen LogP contribution in [0.3, 0.4) is 0 Å². The van der Waals surface area contributed by atoms with Gasteiger partial charge >= 0.3 is 0 Å². The zero-order chi connectivity index (χ0) is 10.8. The first kappa shape index (κ1) is 10.3. The molecule has 1 heterocycles. The van der Waals surface area contributed by atoms with Gasteiger partial charge in [0.15, 0.2) is 11.5 Å². The van der Waals surface area contributed by atoms with Crippen LogP contribution >= 0.6 is 0 Å². The molecule has 82 valence electrons. The Morgan fingerprint density at radius 2 is 1.87 bits per heavy atom. The topological polar surface area (TPSA) is 38.7 Å². The minimum absolute atomic E-state index is 0.302. The summed E-state index contributed by atoms with van der Waals surface area (Å²) in [7, 11) is 0. The number of hydrogen-bond donors (Lipinski definition) is 1. The normalized spacial score (nSPS) is 15.4. The molecule has 0 spiro atoms. The number of aliphatic hydroxyl groups is 1. The highest BCUT2D eigenvalue weighted by atomic mass is 16.7. The van der Waals surface area contributed by atoms with E-state index in [9.17, 15) is 5.11 Å². The van der Waals surface area contributed by atoms with Gasteiger partial charge in [-0.15, -0.1) is 0 Å². The molecule has 0 saturated carbocycles. The lowest BCUT2D eigenvalue weighted by molar-refractivity contribution is 0.174. The van der Waals surface area contributed by atoms with E-state index in [2.05, 4.69) is 6.92 Å². The highest BCUT2D eigenvalue weighted by molar-refractivity contribution is 5.49. The minimum Gasteiger partial charge on any atom is -0.454 e. The Labute approximate surface area is 89.6 Å². The molecular formula is C12H16O3. The third kappa shape index (κ3) is 2.07. The molecule has 2 rings (SSSR count). The highest BCUT2D eigenvalue weighted by Crippen LogP contribution is 2.35. The van der Waals surface area contributed by atoms with Crippen molar-refractivity contribution in [3.8, 4) is 11.5 Å². The molecule has 1 aromatic carbocycles. The summed E-state index contributed by atoms with van der Waals surface area (Å²) < 4.78 is 10.6. The molecule has 0 aliphatic carbocycles. The van der Waals surface area contributed by atoms with E-state index in [0.29, 0.717) is 13.2 Å². The van der Waals surface area contributed by atoms with Gasteiger partial charge in [0.2, 0.25) is 6.79 Å². The van der Waals surface area contributed by atoms with Gasteiger partial charge in [-0.2, -0.15) is 0 Å². The summed E-state index contributed by atoms with van der Waals surface area (Å²) in [5.74, 6) is 1.61. The van der Waals surface area contributed by atoms with Crippen molar-refractivity contribution in [1.82, 2.24) is 0 Å². The summed E-state index contributed by atoms with van der Waals surface area (Å²) >= 11 is 0. The Kier molecular flexibility index (Phi) is 2.82. The molecule has 1 aliphatic heterocycles. The molecule has 1 aromatic rings. The van der Waals surface area contributed by atoms with E-state index < -0.39 is 0 Å². The lowest BCUT2D eigenvalue weighted by Gasteiger charge is -2.10. The van der Waals surface area contributed by atoms with Gasteiger partial charge in [-0.1, -0.05) is 6.92 Å². The number of ether oxygens (including phenoxy) is 2. The number of hydrogen-bond acceptors (Lipinski definition) is 3. The van der Waals surface area contributed by atoms with Crippen molar-refractivity contribution in [3.63, 3.8) is 0 Å². The maximum Gasteiger partial charge on any atom is 0.231 e. The Morgan fingerprint density at radius 3 is 2.40 bits per heavy atom. The van der Waals surface area contributed by atoms with Crippen molar-refractivity contribution in [1.29, 1.82) is 0 Å². The largest absolute Gasteiger partial charge is 0.454 e. The zero-order valence-electron chi connectivity index (χ0n) is 9.12. The molecule has 3 heteroatoms. The number of fused-ring (bicyclic) bond motifs is 1. The van der Waals surface area contributed by atoms with Crippen LogP contribution in [0.25, 0.3) is 0 Å². The van der Waals surface area contributed by atoms with E-state index in [0.717, 1.165) is 23.5 Å². The Bertz CT molecular complexity index is 358. The number of aliphatic hydroxyl groups excluding tert-OH is 1. The van der Waals surface area contributed by atoms with E-state index in [1.807, 2.05) is 12.1 Å². The molecule has 1 atom stereocenters. The fourth-order valence-electron chi connectivity index (χ4n) is 1.86. The van der Waals surface area contributed by atoms with Gasteiger partial charge in [0.1, 0.15) is 0 Å². The number of benzene rings is 1.